The average Bonchev–Trinajstić information content (AvgIpc) is 2.53. The van der Waals surface area contributed by atoms with Crippen molar-refractivity contribution < 1.29 is 14.6 Å². The molecule has 0 saturated heterocycles. The van der Waals surface area contributed by atoms with E-state index in [1.54, 1.807) is 6.07 Å². The maximum Gasteiger partial charge on any atom is 0.319 e. The van der Waals surface area contributed by atoms with E-state index in [-0.39, 0.29) is 24.2 Å². The second kappa shape index (κ2) is 7.23. The maximum atomic E-state index is 10.6. The third-order valence-corrected chi connectivity index (χ3v) is 4.08. The smallest absolute Gasteiger partial charge is 0.319 e. The average molecular weight is 368 g/mol. The number of nitrogens with zero attached hydrogens (tertiary/aromatic N) is 3. The van der Waals surface area contributed by atoms with E-state index < -0.39 is 5.97 Å². The van der Waals surface area contributed by atoms with Gasteiger partial charge in [0.05, 0.1) is 6.42 Å². The maximum absolute atomic E-state index is 10.6. The summed E-state index contributed by atoms with van der Waals surface area (Å²) >= 11 is 12.2. The second-order valence-electron chi connectivity index (χ2n) is 5.35. The molecule has 0 spiro atoms. The van der Waals surface area contributed by atoms with E-state index in [1.807, 2.05) is 23.1 Å². The number of aryl methyl sites for hydroxylation is 1. The quantitative estimate of drug-likeness (QED) is 0.811. The van der Waals surface area contributed by atoms with Gasteiger partial charge in [-0.3, -0.25) is 4.79 Å². The van der Waals surface area contributed by atoms with Crippen molar-refractivity contribution in [3.8, 4) is 6.01 Å². The summed E-state index contributed by atoms with van der Waals surface area (Å²) in [5, 5.41) is 9.56. The Morgan fingerprint density at radius 1 is 1.29 bits per heavy atom. The molecule has 3 rings (SSSR count). The number of carboxylic acid groups (broad SMARTS) is 1. The molecule has 0 saturated carbocycles. The van der Waals surface area contributed by atoms with Crippen molar-refractivity contribution in [1.82, 2.24) is 9.97 Å². The first-order chi connectivity index (χ1) is 11.5. The first-order valence-corrected chi connectivity index (χ1v) is 8.23. The molecule has 1 aromatic carbocycles. The van der Waals surface area contributed by atoms with Gasteiger partial charge in [-0.15, -0.1) is 0 Å². The predicted octanol–water partition coefficient (Wildman–Crippen LogP) is 3.72. The molecular formula is C16H15Cl2N3O3. The summed E-state index contributed by atoms with van der Waals surface area (Å²) in [6.07, 6.45) is 1.82. The summed E-state index contributed by atoms with van der Waals surface area (Å²) in [6.45, 7) is 0.757. The van der Waals surface area contributed by atoms with Gasteiger partial charge < -0.3 is 14.7 Å². The molecule has 0 amide bonds. The molecule has 126 valence electrons. The number of halogens is 2. The standard InChI is InChI=1S/C16H15Cl2N3O3/c17-11-4-3-10-2-1-6-21(12(10)8-11)14-9-13(18)19-16(20-14)24-7-5-15(22)23/h3-4,8-9H,1-2,5-7H2,(H,22,23). The molecule has 1 aromatic heterocycles. The van der Waals surface area contributed by atoms with Crippen molar-refractivity contribution in [2.45, 2.75) is 19.3 Å². The van der Waals surface area contributed by atoms with Gasteiger partial charge in [-0.25, -0.2) is 0 Å². The van der Waals surface area contributed by atoms with E-state index in [0.29, 0.717) is 10.8 Å². The fourth-order valence-electron chi connectivity index (χ4n) is 2.60. The Bertz CT molecular complexity index is 770. The highest BCUT2D eigenvalue weighted by atomic mass is 35.5. The second-order valence-corrected chi connectivity index (χ2v) is 6.18. The van der Waals surface area contributed by atoms with Gasteiger partial charge in [0.15, 0.2) is 0 Å². The third kappa shape index (κ3) is 3.88. The summed E-state index contributed by atoms with van der Waals surface area (Å²) in [5.41, 5.74) is 2.17. The zero-order chi connectivity index (χ0) is 17.1. The van der Waals surface area contributed by atoms with E-state index in [9.17, 15) is 4.79 Å². The molecule has 1 N–H and O–H groups in total. The van der Waals surface area contributed by atoms with Crippen molar-refractivity contribution in [2.75, 3.05) is 18.1 Å². The number of carbonyl (C=O) groups is 1. The van der Waals surface area contributed by atoms with Crippen molar-refractivity contribution in [2.24, 2.45) is 0 Å². The van der Waals surface area contributed by atoms with E-state index in [0.717, 1.165) is 25.1 Å². The summed E-state index contributed by atoms with van der Waals surface area (Å²) < 4.78 is 5.30. The lowest BCUT2D eigenvalue weighted by molar-refractivity contribution is -0.137. The highest BCUT2D eigenvalue weighted by molar-refractivity contribution is 6.31. The molecule has 0 fully saturated rings. The Balaban J connectivity index is 1.89. The number of ether oxygens (including phenoxy) is 1. The van der Waals surface area contributed by atoms with Gasteiger partial charge in [-0.1, -0.05) is 29.3 Å². The van der Waals surface area contributed by atoms with Crippen LogP contribution in [0.3, 0.4) is 0 Å². The third-order valence-electron chi connectivity index (χ3n) is 3.65. The van der Waals surface area contributed by atoms with Crippen LogP contribution in [-0.2, 0) is 11.2 Å². The summed E-state index contributed by atoms with van der Waals surface area (Å²) in [4.78, 5) is 20.9. The largest absolute Gasteiger partial charge is 0.481 e. The number of rotatable bonds is 5. The predicted molar refractivity (Wildman–Crippen MR) is 91.6 cm³/mol. The van der Waals surface area contributed by atoms with Crippen LogP contribution in [0.15, 0.2) is 24.3 Å². The van der Waals surface area contributed by atoms with E-state index in [4.69, 9.17) is 33.0 Å². The van der Waals surface area contributed by atoms with Crippen LogP contribution in [0.5, 0.6) is 6.01 Å². The van der Waals surface area contributed by atoms with Gasteiger partial charge in [0.25, 0.3) is 0 Å². The lowest BCUT2D eigenvalue weighted by atomic mass is 10.0. The number of hydrogen-bond acceptors (Lipinski definition) is 5. The highest BCUT2D eigenvalue weighted by Crippen LogP contribution is 2.35. The highest BCUT2D eigenvalue weighted by Gasteiger charge is 2.21. The molecule has 0 atom stereocenters. The van der Waals surface area contributed by atoms with Crippen LogP contribution in [0.2, 0.25) is 10.2 Å². The van der Waals surface area contributed by atoms with Crippen molar-refractivity contribution in [3.05, 3.63) is 40.0 Å². The molecular weight excluding hydrogens is 353 g/mol. The number of aromatic nitrogens is 2. The van der Waals surface area contributed by atoms with Crippen LogP contribution in [0.25, 0.3) is 0 Å². The zero-order valence-corrected chi connectivity index (χ0v) is 14.2. The number of fused-ring (bicyclic) bond motifs is 1. The molecule has 0 unspecified atom stereocenters. The Morgan fingerprint density at radius 3 is 2.92 bits per heavy atom. The number of anilines is 2. The van der Waals surface area contributed by atoms with Gasteiger partial charge in [0, 0.05) is 23.3 Å². The van der Waals surface area contributed by atoms with Crippen LogP contribution in [-0.4, -0.2) is 34.2 Å². The van der Waals surface area contributed by atoms with Gasteiger partial charge in [0.1, 0.15) is 17.6 Å². The molecule has 2 heterocycles. The van der Waals surface area contributed by atoms with Crippen LogP contribution in [0, 0.1) is 0 Å². The van der Waals surface area contributed by atoms with Gasteiger partial charge in [-0.05, 0) is 30.5 Å². The Morgan fingerprint density at radius 2 is 2.12 bits per heavy atom. The molecule has 0 bridgehead atoms. The van der Waals surface area contributed by atoms with E-state index >= 15 is 0 Å². The zero-order valence-electron chi connectivity index (χ0n) is 12.7. The first kappa shape index (κ1) is 16.8. The molecule has 24 heavy (non-hydrogen) atoms. The topological polar surface area (TPSA) is 75.6 Å². The lowest BCUT2D eigenvalue weighted by Gasteiger charge is -2.30. The minimum absolute atomic E-state index is 0.0163. The van der Waals surface area contributed by atoms with Crippen LogP contribution in [0.1, 0.15) is 18.4 Å². The summed E-state index contributed by atoms with van der Waals surface area (Å²) in [7, 11) is 0. The normalized spacial score (nSPS) is 13.5. The summed E-state index contributed by atoms with van der Waals surface area (Å²) in [5.74, 6) is -0.347. The fraction of sp³-hybridized carbons (Fsp3) is 0.312. The fourth-order valence-corrected chi connectivity index (χ4v) is 2.94. The Kier molecular flexibility index (Phi) is 5.06. The minimum atomic E-state index is -0.947. The number of aliphatic carboxylic acids is 1. The van der Waals surface area contributed by atoms with Crippen LogP contribution in [0.4, 0.5) is 11.5 Å². The van der Waals surface area contributed by atoms with Gasteiger partial charge >= 0.3 is 12.0 Å². The molecule has 8 heteroatoms. The monoisotopic (exact) mass is 367 g/mol. The van der Waals surface area contributed by atoms with Gasteiger partial charge in [0.2, 0.25) is 0 Å². The molecule has 6 nitrogen and oxygen atoms in total. The van der Waals surface area contributed by atoms with Crippen LogP contribution >= 0.6 is 23.2 Å². The minimum Gasteiger partial charge on any atom is -0.481 e. The van der Waals surface area contributed by atoms with Crippen molar-refractivity contribution in [1.29, 1.82) is 0 Å². The molecule has 1 aliphatic rings. The molecule has 1 aliphatic heterocycles. The van der Waals surface area contributed by atoms with Crippen molar-refractivity contribution in [3.63, 3.8) is 0 Å². The Hall–Kier alpha value is -2.05. The van der Waals surface area contributed by atoms with E-state index in [2.05, 4.69) is 9.97 Å². The molecule has 2 aromatic rings. The van der Waals surface area contributed by atoms with Gasteiger partial charge in [-0.2, -0.15) is 9.97 Å². The van der Waals surface area contributed by atoms with E-state index in [1.165, 1.54) is 5.56 Å². The molecule has 0 aliphatic carbocycles. The number of carboxylic acids is 1. The molecule has 0 radical (unpaired) electrons. The van der Waals surface area contributed by atoms with Crippen molar-refractivity contribution >= 4 is 40.7 Å². The lowest BCUT2D eigenvalue weighted by Crippen LogP contribution is -2.25. The number of hydrogen-bond donors (Lipinski definition) is 1. The summed E-state index contributed by atoms with van der Waals surface area (Å²) in [6, 6.07) is 7.50. The first-order valence-electron chi connectivity index (χ1n) is 7.48. The Labute approximate surface area is 149 Å². The van der Waals surface area contributed by atoms with Crippen LogP contribution < -0.4 is 9.64 Å². The number of benzene rings is 1. The SMILES string of the molecule is O=C(O)CCOc1nc(Cl)cc(N2CCCc3ccc(Cl)cc32)n1.